The van der Waals surface area contributed by atoms with Crippen LogP contribution in [-0.2, 0) is 10.0 Å². The van der Waals surface area contributed by atoms with Crippen LogP contribution < -0.4 is 5.32 Å². The third-order valence-corrected chi connectivity index (χ3v) is 7.13. The van der Waals surface area contributed by atoms with Crippen molar-refractivity contribution in [3.63, 3.8) is 0 Å². The smallest absolute Gasteiger partial charge is 0.215 e. The normalized spacial score (nSPS) is 24.7. The molecule has 1 aliphatic carbocycles. The molecule has 0 amide bonds. The molecule has 1 aromatic rings. The molecule has 0 bridgehead atoms. The molecule has 1 N–H and O–H groups in total. The first kappa shape index (κ1) is 16.2. The summed E-state index contributed by atoms with van der Waals surface area (Å²) in [6, 6.07) is 7.34. The predicted octanol–water partition coefficient (Wildman–Crippen LogP) is 2.81. The maximum atomic E-state index is 12.9. The van der Waals surface area contributed by atoms with E-state index in [1.54, 1.807) is 4.31 Å². The minimum Gasteiger partial charge on any atom is -0.313 e. The summed E-state index contributed by atoms with van der Waals surface area (Å²) in [5.41, 5.74) is 0.895. The second kappa shape index (κ2) is 6.87. The second-order valence-electron chi connectivity index (χ2n) is 6.28. The van der Waals surface area contributed by atoms with Crippen LogP contribution >= 0.6 is 11.6 Å². The van der Waals surface area contributed by atoms with Crippen LogP contribution in [0.15, 0.2) is 24.3 Å². The van der Waals surface area contributed by atoms with Gasteiger partial charge in [-0.1, -0.05) is 42.6 Å². The van der Waals surface area contributed by atoms with Gasteiger partial charge in [-0.25, -0.2) is 8.42 Å². The maximum absolute atomic E-state index is 12.9. The van der Waals surface area contributed by atoms with Crippen molar-refractivity contribution in [3.8, 4) is 0 Å². The van der Waals surface area contributed by atoms with Crippen LogP contribution in [-0.4, -0.2) is 38.1 Å². The Hall–Kier alpha value is -0.620. The van der Waals surface area contributed by atoms with Crippen molar-refractivity contribution in [1.29, 1.82) is 0 Å². The summed E-state index contributed by atoms with van der Waals surface area (Å²) in [6.07, 6.45) is 4.41. The molecule has 2 fully saturated rings. The lowest BCUT2D eigenvalue weighted by Gasteiger charge is -2.36. The van der Waals surface area contributed by atoms with Crippen molar-refractivity contribution in [2.24, 2.45) is 5.92 Å². The van der Waals surface area contributed by atoms with Gasteiger partial charge in [-0.05, 0) is 30.4 Å². The number of hydrogen-bond donors (Lipinski definition) is 1. The Balaban J connectivity index is 1.84. The lowest BCUT2D eigenvalue weighted by molar-refractivity contribution is 0.270. The van der Waals surface area contributed by atoms with Crippen LogP contribution in [0.25, 0.3) is 0 Å². The summed E-state index contributed by atoms with van der Waals surface area (Å²) < 4.78 is 27.5. The molecule has 6 heteroatoms. The second-order valence-corrected chi connectivity index (χ2v) is 8.65. The van der Waals surface area contributed by atoms with Crippen LogP contribution in [0.3, 0.4) is 0 Å². The minimum absolute atomic E-state index is 0.200. The number of sulfonamides is 1. The first-order valence-electron chi connectivity index (χ1n) is 8.02. The number of benzene rings is 1. The monoisotopic (exact) mass is 342 g/mol. The van der Waals surface area contributed by atoms with Gasteiger partial charge in [-0.2, -0.15) is 4.31 Å². The molecule has 122 valence electrons. The Kier molecular flexibility index (Phi) is 5.07. The van der Waals surface area contributed by atoms with Gasteiger partial charge in [0.15, 0.2) is 0 Å². The number of rotatable bonds is 4. The summed E-state index contributed by atoms with van der Waals surface area (Å²) in [7, 11) is -3.25. The van der Waals surface area contributed by atoms with Gasteiger partial charge in [-0.15, -0.1) is 0 Å². The zero-order chi connectivity index (χ0) is 15.6. The van der Waals surface area contributed by atoms with Crippen molar-refractivity contribution >= 4 is 21.6 Å². The molecule has 1 atom stereocenters. The zero-order valence-corrected chi connectivity index (χ0v) is 14.2. The van der Waals surface area contributed by atoms with E-state index in [0.717, 1.165) is 31.2 Å². The first-order chi connectivity index (χ1) is 10.6. The van der Waals surface area contributed by atoms with Crippen molar-refractivity contribution in [3.05, 3.63) is 34.9 Å². The van der Waals surface area contributed by atoms with E-state index >= 15 is 0 Å². The first-order valence-corrected chi connectivity index (χ1v) is 10.0. The molecule has 1 unspecified atom stereocenters. The van der Waals surface area contributed by atoms with E-state index in [2.05, 4.69) is 5.32 Å². The fourth-order valence-corrected chi connectivity index (χ4v) is 5.93. The Morgan fingerprint density at radius 3 is 2.68 bits per heavy atom. The molecule has 22 heavy (non-hydrogen) atoms. The molecule has 0 radical (unpaired) electrons. The molecule has 1 saturated carbocycles. The summed E-state index contributed by atoms with van der Waals surface area (Å²) in [5, 5.41) is 3.93. The fraction of sp³-hybridized carbons (Fsp3) is 0.625. The predicted molar refractivity (Wildman–Crippen MR) is 89.5 cm³/mol. The summed E-state index contributed by atoms with van der Waals surface area (Å²) in [4.78, 5) is 0. The standard InChI is InChI=1S/C16H23ClN2O2S/c17-15-8-4-3-7-14(15)16-11-18-9-10-19(16)22(20,21)12-13-5-1-2-6-13/h3-4,7-8,13,16,18H,1-2,5-6,9-12H2. The molecule has 0 aromatic heterocycles. The third kappa shape index (κ3) is 3.48. The number of nitrogens with one attached hydrogen (secondary N) is 1. The largest absolute Gasteiger partial charge is 0.313 e. The van der Waals surface area contributed by atoms with Gasteiger partial charge >= 0.3 is 0 Å². The van der Waals surface area contributed by atoms with Crippen LogP contribution in [0.4, 0.5) is 0 Å². The molecule has 1 heterocycles. The number of piperazine rings is 1. The lowest BCUT2D eigenvalue weighted by atomic mass is 10.1. The molecule has 1 aliphatic heterocycles. The zero-order valence-electron chi connectivity index (χ0n) is 12.7. The van der Waals surface area contributed by atoms with E-state index in [-0.39, 0.29) is 11.8 Å². The van der Waals surface area contributed by atoms with E-state index in [0.29, 0.717) is 30.6 Å². The molecule has 4 nitrogen and oxygen atoms in total. The fourth-order valence-electron chi connectivity index (χ4n) is 3.60. The van der Waals surface area contributed by atoms with Gasteiger partial charge in [0.2, 0.25) is 10.0 Å². The molecular formula is C16H23ClN2O2S. The number of halogens is 1. The SMILES string of the molecule is O=S(=O)(CC1CCCC1)N1CCNCC1c1ccccc1Cl. The van der Waals surface area contributed by atoms with Gasteiger partial charge in [0.05, 0.1) is 11.8 Å². The van der Waals surface area contributed by atoms with Crippen molar-refractivity contribution in [2.75, 3.05) is 25.4 Å². The van der Waals surface area contributed by atoms with Crippen molar-refractivity contribution in [1.82, 2.24) is 9.62 Å². The van der Waals surface area contributed by atoms with E-state index < -0.39 is 10.0 Å². The maximum Gasteiger partial charge on any atom is 0.215 e. The van der Waals surface area contributed by atoms with Gasteiger partial charge in [0, 0.05) is 24.7 Å². The highest BCUT2D eigenvalue weighted by molar-refractivity contribution is 7.89. The molecule has 3 rings (SSSR count). The van der Waals surface area contributed by atoms with Crippen molar-refractivity contribution < 1.29 is 8.42 Å². The Labute approximate surface area is 137 Å². The van der Waals surface area contributed by atoms with Crippen molar-refractivity contribution in [2.45, 2.75) is 31.7 Å². The topological polar surface area (TPSA) is 49.4 Å². The van der Waals surface area contributed by atoms with E-state index in [1.165, 1.54) is 0 Å². The molecule has 1 aromatic carbocycles. The summed E-state index contributed by atoms with van der Waals surface area (Å²) >= 11 is 6.29. The van der Waals surface area contributed by atoms with E-state index in [9.17, 15) is 8.42 Å². The number of hydrogen-bond acceptors (Lipinski definition) is 3. The summed E-state index contributed by atoms with van der Waals surface area (Å²) in [6.45, 7) is 1.84. The molecule has 0 spiro atoms. The van der Waals surface area contributed by atoms with Crippen LogP contribution in [0.2, 0.25) is 5.02 Å². The highest BCUT2D eigenvalue weighted by Gasteiger charge is 2.35. The average molecular weight is 343 g/mol. The van der Waals surface area contributed by atoms with E-state index in [4.69, 9.17) is 11.6 Å². The van der Waals surface area contributed by atoms with Crippen LogP contribution in [0, 0.1) is 5.92 Å². The molecular weight excluding hydrogens is 320 g/mol. The molecule has 2 aliphatic rings. The Morgan fingerprint density at radius 2 is 1.95 bits per heavy atom. The van der Waals surface area contributed by atoms with Gasteiger partial charge in [0.25, 0.3) is 0 Å². The highest BCUT2D eigenvalue weighted by atomic mass is 35.5. The Bertz CT molecular complexity index is 614. The van der Waals surface area contributed by atoms with Crippen LogP contribution in [0.5, 0.6) is 0 Å². The van der Waals surface area contributed by atoms with Gasteiger partial charge in [-0.3, -0.25) is 0 Å². The molecule has 1 saturated heterocycles. The lowest BCUT2D eigenvalue weighted by Crippen LogP contribution is -2.49. The summed E-state index contributed by atoms with van der Waals surface area (Å²) in [5.74, 6) is 0.611. The van der Waals surface area contributed by atoms with Gasteiger partial charge in [0.1, 0.15) is 0 Å². The van der Waals surface area contributed by atoms with Gasteiger partial charge < -0.3 is 5.32 Å². The van der Waals surface area contributed by atoms with Crippen LogP contribution in [0.1, 0.15) is 37.3 Å². The minimum atomic E-state index is -3.25. The average Bonchev–Trinajstić information content (AvgIpc) is 3.00. The number of nitrogens with zero attached hydrogens (tertiary/aromatic N) is 1. The third-order valence-electron chi connectivity index (χ3n) is 4.74. The van der Waals surface area contributed by atoms with E-state index in [1.807, 2.05) is 24.3 Å². The quantitative estimate of drug-likeness (QED) is 0.915. The highest BCUT2D eigenvalue weighted by Crippen LogP contribution is 2.33. The Morgan fingerprint density at radius 1 is 1.23 bits per heavy atom.